The van der Waals surface area contributed by atoms with Crippen LogP contribution in [0.25, 0.3) is 5.69 Å². The van der Waals surface area contributed by atoms with Crippen LogP contribution in [-0.4, -0.2) is 33.5 Å². The summed E-state index contributed by atoms with van der Waals surface area (Å²) in [6.45, 7) is 1.89. The van der Waals surface area contributed by atoms with Gasteiger partial charge in [-0.25, -0.2) is 4.98 Å². The van der Waals surface area contributed by atoms with Crippen LogP contribution in [0.4, 0.5) is 0 Å². The van der Waals surface area contributed by atoms with Gasteiger partial charge in [0.05, 0.1) is 18.6 Å². The third-order valence-corrected chi connectivity index (χ3v) is 3.78. The zero-order valence-corrected chi connectivity index (χ0v) is 12.5. The van der Waals surface area contributed by atoms with E-state index in [1.807, 2.05) is 11.5 Å². The summed E-state index contributed by atoms with van der Waals surface area (Å²) in [7, 11) is 1.57. The van der Waals surface area contributed by atoms with Crippen LogP contribution in [0.1, 0.15) is 5.69 Å². The topological polar surface area (TPSA) is 64.4 Å². The summed E-state index contributed by atoms with van der Waals surface area (Å²) < 4.78 is 7.16. The highest BCUT2D eigenvalue weighted by molar-refractivity contribution is 7.99. The number of aliphatic carboxylic acids is 1. The minimum absolute atomic E-state index is 0.0562. The molecule has 0 bridgehead atoms. The molecule has 2 aromatic rings. The summed E-state index contributed by atoms with van der Waals surface area (Å²) in [4.78, 5) is 14.9. The van der Waals surface area contributed by atoms with Crippen molar-refractivity contribution >= 4 is 29.3 Å². The second-order valence-corrected chi connectivity index (χ2v) is 5.40. The highest BCUT2D eigenvalue weighted by Crippen LogP contribution is 2.31. The molecule has 0 spiro atoms. The Kier molecular flexibility index (Phi) is 4.57. The molecule has 0 saturated carbocycles. The molecule has 0 radical (unpaired) electrons. The van der Waals surface area contributed by atoms with E-state index >= 15 is 0 Å². The molecule has 1 N–H and O–H groups in total. The zero-order valence-electron chi connectivity index (χ0n) is 11.0. The number of carbonyl (C=O) groups is 1. The summed E-state index contributed by atoms with van der Waals surface area (Å²) in [6.07, 6.45) is 1.69. The van der Waals surface area contributed by atoms with Crippen LogP contribution < -0.4 is 4.74 Å². The number of rotatable bonds is 5. The van der Waals surface area contributed by atoms with E-state index in [2.05, 4.69) is 4.98 Å². The van der Waals surface area contributed by atoms with Gasteiger partial charge in [-0.15, -0.1) is 0 Å². The maximum atomic E-state index is 10.7. The van der Waals surface area contributed by atoms with Gasteiger partial charge in [0.25, 0.3) is 0 Å². The van der Waals surface area contributed by atoms with Crippen LogP contribution in [0.3, 0.4) is 0 Å². The number of aryl methyl sites for hydroxylation is 1. The Morgan fingerprint density at radius 3 is 2.95 bits per heavy atom. The number of aromatic nitrogens is 2. The zero-order chi connectivity index (χ0) is 14.7. The van der Waals surface area contributed by atoms with Crippen LogP contribution in [0, 0.1) is 6.92 Å². The molecule has 0 saturated heterocycles. The van der Waals surface area contributed by atoms with Crippen LogP contribution in [-0.2, 0) is 4.79 Å². The Morgan fingerprint density at radius 1 is 1.55 bits per heavy atom. The molecule has 1 aromatic carbocycles. The molecule has 106 valence electrons. The van der Waals surface area contributed by atoms with Crippen molar-refractivity contribution in [2.45, 2.75) is 12.1 Å². The van der Waals surface area contributed by atoms with Gasteiger partial charge in [0.1, 0.15) is 5.75 Å². The Labute approximate surface area is 125 Å². The number of methoxy groups -OCH3 is 1. The Morgan fingerprint density at radius 2 is 2.30 bits per heavy atom. The first-order valence-corrected chi connectivity index (χ1v) is 7.12. The van der Waals surface area contributed by atoms with Crippen molar-refractivity contribution in [2.75, 3.05) is 12.9 Å². The first kappa shape index (κ1) is 14.7. The van der Waals surface area contributed by atoms with Gasteiger partial charge in [0.2, 0.25) is 0 Å². The number of hydrogen-bond donors (Lipinski definition) is 1. The summed E-state index contributed by atoms with van der Waals surface area (Å²) in [5.41, 5.74) is 1.61. The van der Waals surface area contributed by atoms with Crippen LogP contribution in [0.15, 0.2) is 29.6 Å². The van der Waals surface area contributed by atoms with E-state index in [9.17, 15) is 4.79 Å². The summed E-state index contributed by atoms with van der Waals surface area (Å²) >= 11 is 7.18. The Hall–Kier alpha value is -1.66. The second kappa shape index (κ2) is 6.19. The number of carboxylic acids is 1. The fourth-order valence-corrected chi connectivity index (χ4v) is 2.69. The van der Waals surface area contributed by atoms with E-state index in [0.717, 1.165) is 23.1 Å². The lowest BCUT2D eigenvalue weighted by Gasteiger charge is -2.13. The van der Waals surface area contributed by atoms with Crippen molar-refractivity contribution in [3.05, 3.63) is 35.1 Å². The minimum atomic E-state index is -0.889. The molecule has 0 amide bonds. The molecule has 0 fully saturated rings. The maximum absolute atomic E-state index is 10.7. The molecule has 7 heteroatoms. The van der Waals surface area contributed by atoms with Crippen molar-refractivity contribution in [2.24, 2.45) is 0 Å². The lowest BCUT2D eigenvalue weighted by atomic mass is 10.3. The van der Waals surface area contributed by atoms with E-state index in [1.54, 1.807) is 31.5 Å². The first-order chi connectivity index (χ1) is 9.52. The van der Waals surface area contributed by atoms with Gasteiger partial charge in [-0.1, -0.05) is 23.4 Å². The number of benzene rings is 1. The lowest BCUT2D eigenvalue weighted by Crippen LogP contribution is -2.04. The molecule has 1 aromatic heterocycles. The highest BCUT2D eigenvalue weighted by atomic mass is 35.5. The summed E-state index contributed by atoms with van der Waals surface area (Å²) in [5.74, 6) is -0.299. The molecule has 0 aliphatic heterocycles. The van der Waals surface area contributed by atoms with Crippen LogP contribution in [0.2, 0.25) is 5.02 Å². The number of thioether (sulfide) groups is 1. The van der Waals surface area contributed by atoms with Crippen LogP contribution >= 0.6 is 23.4 Å². The molecule has 0 atom stereocenters. The van der Waals surface area contributed by atoms with Crippen LogP contribution in [0.5, 0.6) is 5.75 Å². The van der Waals surface area contributed by atoms with Gasteiger partial charge >= 0.3 is 5.97 Å². The van der Waals surface area contributed by atoms with E-state index in [1.165, 1.54) is 0 Å². The van der Waals surface area contributed by atoms with E-state index in [4.69, 9.17) is 21.4 Å². The molecule has 1 heterocycles. The average Bonchev–Trinajstić information content (AvgIpc) is 2.77. The molecule has 0 aliphatic carbocycles. The van der Waals surface area contributed by atoms with Crippen molar-refractivity contribution < 1.29 is 14.6 Å². The minimum Gasteiger partial charge on any atom is -0.495 e. The normalized spacial score (nSPS) is 10.6. The molecule has 0 unspecified atom stereocenters. The van der Waals surface area contributed by atoms with Crippen molar-refractivity contribution in [1.82, 2.24) is 9.55 Å². The van der Waals surface area contributed by atoms with Gasteiger partial charge in [-0.3, -0.25) is 9.36 Å². The van der Waals surface area contributed by atoms with E-state index in [0.29, 0.717) is 15.9 Å². The third kappa shape index (κ3) is 3.08. The fourth-order valence-electron chi connectivity index (χ4n) is 1.77. The number of hydrogen-bond acceptors (Lipinski definition) is 4. The maximum Gasteiger partial charge on any atom is 0.313 e. The predicted molar refractivity (Wildman–Crippen MR) is 78.2 cm³/mol. The van der Waals surface area contributed by atoms with E-state index in [-0.39, 0.29) is 5.75 Å². The standard InChI is InChI=1S/C13H13ClN2O3S/c1-8-6-15-13(20-7-12(17)18)16(8)10-5-9(14)3-4-11(10)19-2/h3-6H,7H2,1-2H3,(H,17,18). The summed E-state index contributed by atoms with van der Waals surface area (Å²) in [6, 6.07) is 5.27. The van der Waals surface area contributed by atoms with Gasteiger partial charge in [-0.2, -0.15) is 0 Å². The van der Waals surface area contributed by atoms with Gasteiger partial charge in [0.15, 0.2) is 5.16 Å². The number of ether oxygens (including phenoxy) is 1. The van der Waals surface area contributed by atoms with E-state index < -0.39 is 5.97 Å². The molecule has 5 nitrogen and oxygen atoms in total. The third-order valence-electron chi connectivity index (χ3n) is 2.61. The largest absolute Gasteiger partial charge is 0.495 e. The first-order valence-electron chi connectivity index (χ1n) is 5.75. The second-order valence-electron chi connectivity index (χ2n) is 4.02. The number of nitrogens with zero attached hydrogens (tertiary/aromatic N) is 2. The van der Waals surface area contributed by atoms with Crippen molar-refractivity contribution in [1.29, 1.82) is 0 Å². The Balaban J connectivity index is 2.49. The number of carboxylic acid groups (broad SMARTS) is 1. The Bertz CT molecular complexity index is 643. The quantitative estimate of drug-likeness (QED) is 0.860. The highest BCUT2D eigenvalue weighted by Gasteiger charge is 2.15. The van der Waals surface area contributed by atoms with Gasteiger partial charge in [-0.05, 0) is 25.1 Å². The SMILES string of the molecule is COc1ccc(Cl)cc1-n1c(C)cnc1SCC(=O)O. The van der Waals surface area contributed by atoms with Crippen molar-refractivity contribution in [3.8, 4) is 11.4 Å². The smallest absolute Gasteiger partial charge is 0.313 e. The fraction of sp³-hybridized carbons (Fsp3) is 0.231. The lowest BCUT2D eigenvalue weighted by molar-refractivity contribution is -0.133. The molecule has 0 aliphatic rings. The molecule has 2 rings (SSSR count). The molecular formula is C13H13ClN2O3S. The molecule has 20 heavy (non-hydrogen) atoms. The summed E-state index contributed by atoms with van der Waals surface area (Å²) in [5, 5.41) is 9.94. The van der Waals surface area contributed by atoms with Gasteiger partial charge in [0, 0.05) is 16.9 Å². The monoisotopic (exact) mass is 312 g/mol. The molecular weight excluding hydrogens is 300 g/mol. The number of halogens is 1. The number of imidazole rings is 1. The van der Waals surface area contributed by atoms with Crippen molar-refractivity contribution in [3.63, 3.8) is 0 Å². The predicted octanol–water partition coefficient (Wildman–Crippen LogP) is 3.02. The average molecular weight is 313 g/mol. The van der Waals surface area contributed by atoms with Gasteiger partial charge < -0.3 is 9.84 Å².